The second-order valence-corrected chi connectivity index (χ2v) is 21.9. The number of hydrogen-bond donors (Lipinski definition) is 2. The molecule has 18 nitrogen and oxygen atoms in total. The van der Waals surface area contributed by atoms with Crippen molar-refractivity contribution in [1.29, 1.82) is 0 Å². The molecule has 18 heteroatoms. The first kappa shape index (κ1) is 57.5. The number of fused-ring (bicyclic) bond motifs is 2. The zero-order valence-electron chi connectivity index (χ0n) is 47.7. The Kier molecular flexibility index (Phi) is 18.5. The molecule has 6 aromatic rings. The monoisotopic (exact) mass is 1120 g/mol. The highest BCUT2D eigenvalue weighted by Crippen LogP contribution is 2.44. The van der Waals surface area contributed by atoms with Crippen LogP contribution >= 0.6 is 0 Å². The van der Waals surface area contributed by atoms with Crippen molar-refractivity contribution in [2.45, 2.75) is 180 Å². The van der Waals surface area contributed by atoms with Crippen molar-refractivity contribution >= 4 is 81.0 Å². The Labute approximate surface area is 478 Å². The summed E-state index contributed by atoms with van der Waals surface area (Å²) in [5, 5.41) is 7.90. The Morgan fingerprint density at radius 3 is 1.11 bits per heavy atom. The number of pyridine rings is 2. The molecular formula is C64H76N6O12. The van der Waals surface area contributed by atoms with E-state index in [0.29, 0.717) is 47.5 Å². The molecule has 2 amide bonds. The highest BCUT2D eigenvalue weighted by Gasteiger charge is 2.43. The van der Waals surface area contributed by atoms with Gasteiger partial charge in [-0.15, -0.1) is 0 Å². The van der Waals surface area contributed by atoms with Crippen LogP contribution in [0.3, 0.4) is 0 Å². The second-order valence-electron chi connectivity index (χ2n) is 21.9. The minimum absolute atomic E-state index is 0.00410. The van der Waals surface area contributed by atoms with Gasteiger partial charge in [0.1, 0.15) is 22.3 Å². The number of anilines is 4. The number of nitrogens with zero attached hydrogens (tertiary/aromatic N) is 4. The molecule has 434 valence electrons. The molecule has 0 radical (unpaired) electrons. The maximum Gasteiger partial charge on any atom is 0.344 e. The summed E-state index contributed by atoms with van der Waals surface area (Å²) in [5.41, 5.74) is 1.24. The maximum absolute atomic E-state index is 16.1. The normalized spacial score (nSPS) is 16.6. The smallest absolute Gasteiger partial charge is 0.344 e. The lowest BCUT2D eigenvalue weighted by atomic mass is 9.92. The predicted octanol–water partition coefficient (Wildman–Crippen LogP) is 13.8. The SMILES string of the molecule is CCOC(=O)c1c(NC2CCCCC2)oc(N(C(=O)c2cc(-c3cc(C(=O)N(c4oc(NC5CCCCC5)c(C(=O)OCC)c4C(=O)OCC)C4CCCCC4)c4ccccc4n3)nc3ccccc23)C2CCCCC2)c1C(=O)OCC. The number of rotatable bonds is 19. The van der Waals surface area contributed by atoms with Crippen LogP contribution in [0.2, 0.25) is 0 Å². The summed E-state index contributed by atoms with van der Waals surface area (Å²) in [4.78, 5) is 103. The molecule has 2 N–H and O–H groups in total. The van der Waals surface area contributed by atoms with Gasteiger partial charge in [0.15, 0.2) is 0 Å². The van der Waals surface area contributed by atoms with Gasteiger partial charge in [0, 0.05) is 34.9 Å². The van der Waals surface area contributed by atoms with Gasteiger partial charge in [-0.1, -0.05) is 113 Å². The summed E-state index contributed by atoms with van der Waals surface area (Å²) in [5.74, 6) is -4.34. The van der Waals surface area contributed by atoms with Crippen molar-refractivity contribution in [3.63, 3.8) is 0 Å². The molecule has 4 aliphatic rings. The molecule has 2 aromatic carbocycles. The first-order valence-corrected chi connectivity index (χ1v) is 30.0. The summed E-state index contributed by atoms with van der Waals surface area (Å²) in [6.45, 7) is 6.78. The summed E-state index contributed by atoms with van der Waals surface area (Å²) >= 11 is 0. The van der Waals surface area contributed by atoms with Crippen LogP contribution in [-0.2, 0) is 18.9 Å². The molecule has 4 aliphatic carbocycles. The average Bonchev–Trinajstić information content (AvgIpc) is 4.26. The molecule has 82 heavy (non-hydrogen) atoms. The number of furan rings is 2. The second kappa shape index (κ2) is 26.4. The third-order valence-corrected chi connectivity index (χ3v) is 16.5. The van der Waals surface area contributed by atoms with Gasteiger partial charge in [0.05, 0.1) is 60.0 Å². The number of carbonyl (C=O) groups excluding carboxylic acids is 6. The number of aromatic nitrogens is 2. The first-order valence-electron chi connectivity index (χ1n) is 30.0. The van der Waals surface area contributed by atoms with Crippen molar-refractivity contribution in [2.75, 3.05) is 46.9 Å². The van der Waals surface area contributed by atoms with Gasteiger partial charge < -0.3 is 38.4 Å². The standard InChI is InChI=1S/C64H76N6O12/c1-5-77-61(73)51-53(63(75)79-7-3)59(81-55(51)65-39-25-13-9-14-26-39)69(41-29-17-11-18-30-41)57(71)45-37-49(67-47-35-23-21-33-43(45)47)50-38-46(44-34-22-24-36-48(44)68-50)58(72)70(42-31-19-12-20-32-42)60-54(64(76)80-8-4)52(62(74)78-6-2)56(82-60)66-40-27-15-10-16-28-40/h21-24,33-42,65-66H,5-20,25-32H2,1-4H3. The van der Waals surface area contributed by atoms with E-state index in [0.717, 1.165) is 103 Å². The van der Waals surface area contributed by atoms with Crippen LogP contribution < -0.4 is 20.4 Å². The third-order valence-electron chi connectivity index (χ3n) is 16.5. The quantitative estimate of drug-likeness (QED) is 0.0568. The van der Waals surface area contributed by atoms with Crippen molar-refractivity contribution in [3.05, 3.63) is 94.0 Å². The molecular weight excluding hydrogens is 1040 g/mol. The van der Waals surface area contributed by atoms with Gasteiger partial charge in [-0.05, 0) is 103 Å². The molecule has 4 aromatic heterocycles. The minimum atomic E-state index is -0.826. The van der Waals surface area contributed by atoms with Gasteiger partial charge in [0.25, 0.3) is 11.8 Å². The van der Waals surface area contributed by atoms with Crippen molar-refractivity contribution in [3.8, 4) is 11.4 Å². The van der Waals surface area contributed by atoms with Crippen LogP contribution in [-0.4, -0.2) is 96.3 Å². The van der Waals surface area contributed by atoms with Gasteiger partial charge in [-0.3, -0.25) is 19.4 Å². The Morgan fingerprint density at radius 1 is 0.451 bits per heavy atom. The number of esters is 4. The predicted molar refractivity (Wildman–Crippen MR) is 312 cm³/mol. The van der Waals surface area contributed by atoms with Gasteiger partial charge in [0.2, 0.25) is 23.5 Å². The molecule has 10 rings (SSSR count). The molecule has 4 heterocycles. The van der Waals surface area contributed by atoms with Gasteiger partial charge >= 0.3 is 23.9 Å². The summed E-state index contributed by atoms with van der Waals surface area (Å²) in [7, 11) is 0. The van der Waals surface area contributed by atoms with Crippen molar-refractivity contribution in [1.82, 2.24) is 9.97 Å². The molecule has 4 fully saturated rings. The molecule has 0 unspecified atom stereocenters. The largest absolute Gasteiger partial charge is 0.462 e. The number of amides is 2. The highest BCUT2D eigenvalue weighted by molar-refractivity contribution is 6.20. The topological polar surface area (TPSA) is 222 Å². The van der Waals surface area contributed by atoms with E-state index >= 15 is 9.59 Å². The zero-order valence-corrected chi connectivity index (χ0v) is 47.7. The lowest BCUT2D eigenvalue weighted by molar-refractivity contribution is 0.0481. The molecule has 4 saturated carbocycles. The molecule has 0 spiro atoms. The summed E-state index contributed by atoms with van der Waals surface area (Å²) in [6, 6.07) is 16.8. The Morgan fingerprint density at radius 2 is 0.768 bits per heavy atom. The van der Waals surface area contributed by atoms with E-state index in [1.807, 2.05) is 36.4 Å². The zero-order chi connectivity index (χ0) is 57.3. The fourth-order valence-corrected chi connectivity index (χ4v) is 12.6. The lowest BCUT2D eigenvalue weighted by Crippen LogP contribution is -2.42. The maximum atomic E-state index is 16.1. The Hall–Kier alpha value is -7.76. The van der Waals surface area contributed by atoms with E-state index in [1.165, 1.54) is 9.80 Å². The highest BCUT2D eigenvalue weighted by atomic mass is 16.5. The van der Waals surface area contributed by atoms with Gasteiger partial charge in [-0.2, -0.15) is 0 Å². The van der Waals surface area contributed by atoms with Crippen molar-refractivity contribution < 1.29 is 56.5 Å². The van der Waals surface area contributed by atoms with E-state index in [9.17, 15) is 19.2 Å². The van der Waals surface area contributed by atoms with Crippen LogP contribution in [0.4, 0.5) is 23.5 Å². The Balaban J connectivity index is 1.14. The van der Waals surface area contributed by atoms with E-state index in [-0.39, 0.29) is 107 Å². The number of ether oxygens (including phenoxy) is 4. The molecule has 0 bridgehead atoms. The summed E-state index contributed by atoms with van der Waals surface area (Å²) in [6.07, 6.45) is 16.9. The van der Waals surface area contributed by atoms with Crippen LogP contribution in [0.25, 0.3) is 33.2 Å². The van der Waals surface area contributed by atoms with E-state index in [4.69, 9.17) is 37.7 Å². The fraction of sp³-hybridized carbons (Fsp3) is 0.500. The first-order chi connectivity index (χ1) is 40.0. The lowest BCUT2D eigenvalue weighted by Gasteiger charge is -2.33. The number of para-hydroxylation sites is 2. The average molecular weight is 1120 g/mol. The Bertz CT molecular complexity index is 3090. The van der Waals surface area contributed by atoms with E-state index in [2.05, 4.69) is 10.6 Å². The van der Waals surface area contributed by atoms with E-state index in [1.54, 1.807) is 52.0 Å². The fourth-order valence-electron chi connectivity index (χ4n) is 12.6. The van der Waals surface area contributed by atoms with Crippen molar-refractivity contribution in [2.24, 2.45) is 0 Å². The van der Waals surface area contributed by atoms with Crippen LogP contribution in [0.5, 0.6) is 0 Å². The van der Waals surface area contributed by atoms with E-state index < -0.39 is 47.8 Å². The minimum Gasteiger partial charge on any atom is -0.462 e. The van der Waals surface area contributed by atoms with Crippen LogP contribution in [0, 0.1) is 0 Å². The number of hydrogen-bond acceptors (Lipinski definition) is 16. The number of carbonyl (C=O) groups is 6. The summed E-state index contributed by atoms with van der Waals surface area (Å²) < 4.78 is 36.0. The van der Waals surface area contributed by atoms with Crippen LogP contribution in [0.15, 0.2) is 69.5 Å². The van der Waals surface area contributed by atoms with Crippen LogP contribution in [0.1, 0.15) is 218 Å². The molecule has 0 aliphatic heterocycles. The number of nitrogens with one attached hydrogen (secondary N) is 2. The third kappa shape index (κ3) is 12.1. The van der Waals surface area contributed by atoms with Gasteiger partial charge in [-0.25, -0.2) is 29.1 Å². The molecule has 0 saturated heterocycles. The number of benzene rings is 2. The molecule has 0 atom stereocenters.